The van der Waals surface area contributed by atoms with E-state index in [1.54, 1.807) is 33.2 Å². The largest absolute Gasteiger partial charge is 0.495 e. The van der Waals surface area contributed by atoms with Crippen LogP contribution in [0.5, 0.6) is 17.4 Å². The van der Waals surface area contributed by atoms with E-state index in [1.165, 1.54) is 0 Å². The second kappa shape index (κ2) is 20.9. The van der Waals surface area contributed by atoms with Crippen molar-refractivity contribution in [2.75, 3.05) is 45.9 Å². The summed E-state index contributed by atoms with van der Waals surface area (Å²) in [6.07, 6.45) is 11.7. The summed E-state index contributed by atoms with van der Waals surface area (Å²) in [6.45, 7) is 8.61. The number of amides is 1. The molecule has 2 aromatic carbocycles. The molecule has 4 rings (SSSR count). The van der Waals surface area contributed by atoms with Crippen LogP contribution in [-0.2, 0) is 9.59 Å². The quantitative estimate of drug-likeness (QED) is 0.169. The lowest BCUT2D eigenvalue weighted by molar-refractivity contribution is -0.137. The van der Waals surface area contributed by atoms with Gasteiger partial charge in [0, 0.05) is 43.4 Å². The van der Waals surface area contributed by atoms with Crippen molar-refractivity contribution in [3.63, 3.8) is 0 Å². The molecule has 1 N–H and O–H groups in total. The Hall–Kier alpha value is -5.11. The van der Waals surface area contributed by atoms with Crippen molar-refractivity contribution in [3.8, 4) is 41.4 Å². The summed E-state index contributed by atoms with van der Waals surface area (Å²) in [5.41, 5.74) is 1.99. The number of rotatable bonds is 12. The molecule has 48 heavy (non-hydrogen) atoms. The van der Waals surface area contributed by atoms with E-state index < -0.39 is 11.6 Å². The standard InChI is InChI=1S/C32H37N3O7.C2H6.C2H2.CH3F/c1-32(2,21-36)42-30-27(19-25(40-4)20-33-30)34(3)24-13-16-35(17-14-24)31(39)23-11-9-22(10-12-23)26-7-5-6-8-28(26)41-18-15-29(37)38;3*1-2/h5-12,19-21,24H,13-18H2,1-4H3,(H,37,38);1-2H3;1-2H;1H3. The smallest absolute Gasteiger partial charge is 0.306 e. The zero-order valence-electron chi connectivity index (χ0n) is 28.9. The first-order valence-electron chi connectivity index (χ1n) is 15.6. The molecule has 1 aliphatic heterocycles. The SMILES string of the molecule is C#C.CC.CF.COc1cnc(OC(C)(C)C=O)c(N(C)C2CCN(C(=O)c3ccc(-c4ccccc4OCCC(=O)O)cc3)CC2)c1. The average Bonchev–Trinajstić information content (AvgIpc) is 3.14. The number of methoxy groups -OCH3 is 1. The number of nitrogens with zero attached hydrogens (tertiary/aromatic N) is 3. The number of pyridine rings is 1. The number of hydrogen-bond acceptors (Lipinski definition) is 8. The summed E-state index contributed by atoms with van der Waals surface area (Å²) in [4.78, 5) is 44.0. The minimum atomic E-state index is -1.03. The van der Waals surface area contributed by atoms with Crippen LogP contribution in [0.15, 0.2) is 60.8 Å². The van der Waals surface area contributed by atoms with Gasteiger partial charge in [0.2, 0.25) is 5.88 Å². The van der Waals surface area contributed by atoms with Crippen molar-refractivity contribution in [1.82, 2.24) is 9.88 Å². The number of carboxylic acid groups (broad SMARTS) is 1. The number of likely N-dealkylation sites (tertiary alicyclic amines) is 1. The van der Waals surface area contributed by atoms with Crippen LogP contribution < -0.4 is 19.1 Å². The number of piperidine rings is 1. The first-order valence-corrected chi connectivity index (χ1v) is 15.6. The van der Waals surface area contributed by atoms with Crippen molar-refractivity contribution < 1.29 is 38.1 Å². The van der Waals surface area contributed by atoms with Crippen LogP contribution in [-0.4, -0.2) is 85.8 Å². The molecule has 1 aromatic heterocycles. The van der Waals surface area contributed by atoms with E-state index in [1.807, 2.05) is 74.3 Å². The van der Waals surface area contributed by atoms with Gasteiger partial charge in [-0.05, 0) is 50.5 Å². The van der Waals surface area contributed by atoms with Gasteiger partial charge in [0.25, 0.3) is 5.91 Å². The van der Waals surface area contributed by atoms with Gasteiger partial charge in [0.05, 0.1) is 33.5 Å². The molecule has 0 atom stereocenters. The first kappa shape index (κ1) is 40.9. The van der Waals surface area contributed by atoms with E-state index in [0.717, 1.165) is 35.9 Å². The summed E-state index contributed by atoms with van der Waals surface area (Å²) >= 11 is 0. The van der Waals surface area contributed by atoms with E-state index >= 15 is 0 Å². The molecular weight excluding hydrogens is 617 g/mol. The second-order valence-electron chi connectivity index (χ2n) is 10.7. The Bertz CT molecular complexity index is 1450. The molecule has 1 saturated heterocycles. The number of hydrogen-bond donors (Lipinski definition) is 1. The Morgan fingerprint density at radius 1 is 1.08 bits per heavy atom. The van der Waals surface area contributed by atoms with E-state index in [4.69, 9.17) is 19.3 Å². The monoisotopic (exact) mass is 665 g/mol. The van der Waals surface area contributed by atoms with E-state index in [9.17, 15) is 18.8 Å². The van der Waals surface area contributed by atoms with Gasteiger partial charge in [-0.2, -0.15) is 0 Å². The Kier molecular flexibility index (Phi) is 17.8. The minimum absolute atomic E-state index is 0.0338. The normalized spacial score (nSPS) is 12.3. The number of aldehydes is 1. The number of terminal acetylenes is 1. The van der Waals surface area contributed by atoms with Gasteiger partial charge >= 0.3 is 5.97 Å². The van der Waals surface area contributed by atoms with Gasteiger partial charge in [-0.1, -0.05) is 44.2 Å². The lowest BCUT2D eigenvalue weighted by Crippen LogP contribution is -2.46. The van der Waals surface area contributed by atoms with Gasteiger partial charge in [-0.25, -0.2) is 4.98 Å². The maximum atomic E-state index is 13.3. The molecular formula is C37H48FN3O7. The number of carbonyl (C=O) groups excluding carboxylic acids is 2. The van der Waals surface area contributed by atoms with Crippen LogP contribution in [0.1, 0.15) is 57.3 Å². The van der Waals surface area contributed by atoms with Crippen LogP contribution in [0.4, 0.5) is 10.1 Å². The molecule has 2 heterocycles. The molecule has 0 unspecified atom stereocenters. The predicted octanol–water partition coefficient (Wildman–Crippen LogP) is 6.57. The number of aromatic nitrogens is 1. The van der Waals surface area contributed by atoms with Crippen LogP contribution >= 0.6 is 0 Å². The average molecular weight is 666 g/mol. The molecule has 1 aliphatic rings. The highest BCUT2D eigenvalue weighted by molar-refractivity contribution is 5.95. The molecule has 11 heteroatoms. The molecule has 0 radical (unpaired) electrons. The van der Waals surface area contributed by atoms with Crippen molar-refractivity contribution in [2.24, 2.45) is 0 Å². The van der Waals surface area contributed by atoms with Gasteiger partial charge < -0.3 is 29.1 Å². The number of benzene rings is 2. The highest BCUT2D eigenvalue weighted by atomic mass is 19.1. The van der Waals surface area contributed by atoms with Gasteiger partial charge in [-0.15, -0.1) is 12.8 Å². The van der Waals surface area contributed by atoms with Crippen LogP contribution in [0.25, 0.3) is 11.1 Å². The lowest BCUT2D eigenvalue weighted by atomic mass is 10.0. The highest BCUT2D eigenvalue weighted by Crippen LogP contribution is 2.35. The third kappa shape index (κ3) is 11.6. The topological polar surface area (TPSA) is 119 Å². The zero-order valence-corrected chi connectivity index (χ0v) is 28.9. The number of para-hydroxylation sites is 1. The fourth-order valence-corrected chi connectivity index (χ4v) is 4.85. The number of carboxylic acids is 1. The molecule has 10 nitrogen and oxygen atoms in total. The van der Waals surface area contributed by atoms with Crippen LogP contribution in [0.2, 0.25) is 0 Å². The number of alkyl halides is 1. The Balaban J connectivity index is 0.00000182. The summed E-state index contributed by atoms with van der Waals surface area (Å²) in [5, 5.41) is 8.90. The second-order valence-corrected chi connectivity index (χ2v) is 10.7. The Labute approximate surface area is 283 Å². The number of aliphatic carboxylic acids is 1. The summed E-state index contributed by atoms with van der Waals surface area (Å²) < 4.78 is 26.5. The molecule has 0 saturated carbocycles. The predicted molar refractivity (Wildman–Crippen MR) is 187 cm³/mol. The van der Waals surface area contributed by atoms with Gasteiger partial charge in [-0.3, -0.25) is 18.8 Å². The molecule has 1 fully saturated rings. The zero-order chi connectivity index (χ0) is 36.3. The minimum Gasteiger partial charge on any atom is -0.495 e. The molecule has 0 spiro atoms. The fraction of sp³-hybridized carbons (Fsp3) is 0.405. The molecule has 0 aliphatic carbocycles. The molecule has 1 amide bonds. The van der Waals surface area contributed by atoms with Crippen molar-refractivity contribution in [2.45, 2.75) is 58.6 Å². The van der Waals surface area contributed by atoms with Crippen molar-refractivity contribution in [3.05, 3.63) is 66.4 Å². The third-order valence-corrected chi connectivity index (χ3v) is 7.27. The maximum absolute atomic E-state index is 13.3. The van der Waals surface area contributed by atoms with Gasteiger partial charge in [0.15, 0.2) is 11.9 Å². The summed E-state index contributed by atoms with van der Waals surface area (Å²) in [7, 11) is 4.03. The third-order valence-electron chi connectivity index (χ3n) is 7.27. The van der Waals surface area contributed by atoms with Crippen LogP contribution in [0, 0.1) is 12.8 Å². The number of halogens is 1. The van der Waals surface area contributed by atoms with Crippen molar-refractivity contribution in [1.29, 1.82) is 0 Å². The van der Waals surface area contributed by atoms with Crippen LogP contribution in [0.3, 0.4) is 0 Å². The lowest BCUT2D eigenvalue weighted by Gasteiger charge is -2.38. The number of carbonyl (C=O) groups is 3. The summed E-state index contributed by atoms with van der Waals surface area (Å²) in [6, 6.07) is 16.8. The fourth-order valence-electron chi connectivity index (χ4n) is 4.85. The van der Waals surface area contributed by atoms with Crippen molar-refractivity contribution >= 4 is 23.9 Å². The van der Waals surface area contributed by atoms with Gasteiger partial charge in [0.1, 0.15) is 17.2 Å². The Morgan fingerprint density at radius 3 is 2.25 bits per heavy atom. The molecule has 260 valence electrons. The summed E-state index contributed by atoms with van der Waals surface area (Å²) in [5.74, 6) is 0.578. The maximum Gasteiger partial charge on any atom is 0.306 e. The van der Waals surface area contributed by atoms with E-state index in [0.29, 0.717) is 43.2 Å². The highest BCUT2D eigenvalue weighted by Gasteiger charge is 2.29. The van der Waals surface area contributed by atoms with E-state index in [2.05, 4.69) is 22.7 Å². The number of anilines is 1. The Morgan fingerprint density at radius 2 is 1.69 bits per heavy atom. The number of ether oxygens (including phenoxy) is 3. The molecule has 3 aromatic rings. The van der Waals surface area contributed by atoms with E-state index in [-0.39, 0.29) is 25.0 Å². The molecule has 0 bridgehead atoms. The first-order chi connectivity index (χ1) is 23.1.